The van der Waals surface area contributed by atoms with Gasteiger partial charge in [-0.1, -0.05) is 26.7 Å². The first kappa shape index (κ1) is 15.0. The van der Waals surface area contributed by atoms with Crippen LogP contribution >= 0.6 is 11.3 Å². The Morgan fingerprint density at radius 2 is 2.19 bits per heavy atom. The number of rotatable bonds is 7. The lowest BCUT2D eigenvalue weighted by Crippen LogP contribution is -2.36. The Hall–Kier alpha value is -0.870. The Kier molecular flexibility index (Phi) is 4.36. The third-order valence-electron chi connectivity index (χ3n) is 4.93. The molecule has 21 heavy (non-hydrogen) atoms. The maximum Gasteiger partial charge on any atom is 0.241 e. The van der Waals surface area contributed by atoms with Gasteiger partial charge < -0.3 is 4.90 Å². The quantitative estimate of drug-likeness (QED) is 0.828. The van der Waals surface area contributed by atoms with Crippen LogP contribution in [0.4, 0.5) is 0 Å². The van der Waals surface area contributed by atoms with Crippen molar-refractivity contribution in [2.45, 2.75) is 64.6 Å². The SMILES string of the molecule is CCCC1NC(c2ccsc2)N(CC2(CCC)CC2)C1=O. The summed E-state index contributed by atoms with van der Waals surface area (Å²) in [6.07, 6.45) is 7.14. The number of nitrogens with zero attached hydrogens (tertiary/aromatic N) is 1. The highest BCUT2D eigenvalue weighted by Gasteiger charge is 2.48. The third kappa shape index (κ3) is 3.02. The van der Waals surface area contributed by atoms with E-state index in [2.05, 4.69) is 40.9 Å². The van der Waals surface area contributed by atoms with Crippen molar-refractivity contribution in [3.63, 3.8) is 0 Å². The summed E-state index contributed by atoms with van der Waals surface area (Å²) in [6, 6.07) is 2.16. The van der Waals surface area contributed by atoms with E-state index in [1.165, 1.54) is 31.2 Å². The molecular weight excluding hydrogens is 280 g/mol. The first-order chi connectivity index (χ1) is 10.2. The van der Waals surface area contributed by atoms with Gasteiger partial charge in [-0.3, -0.25) is 10.1 Å². The smallest absolute Gasteiger partial charge is 0.241 e. The predicted octanol–water partition coefficient (Wildman–Crippen LogP) is 3.93. The zero-order valence-corrected chi connectivity index (χ0v) is 13.9. The molecule has 1 saturated carbocycles. The summed E-state index contributed by atoms with van der Waals surface area (Å²) >= 11 is 1.71. The van der Waals surface area contributed by atoms with Gasteiger partial charge in [-0.2, -0.15) is 11.3 Å². The zero-order valence-electron chi connectivity index (χ0n) is 13.1. The van der Waals surface area contributed by atoms with Crippen molar-refractivity contribution < 1.29 is 4.79 Å². The van der Waals surface area contributed by atoms with E-state index in [-0.39, 0.29) is 12.2 Å². The highest BCUT2D eigenvalue weighted by molar-refractivity contribution is 7.07. The molecule has 2 aliphatic rings. The Morgan fingerprint density at radius 3 is 2.76 bits per heavy atom. The fraction of sp³-hybridized carbons (Fsp3) is 0.706. The molecule has 1 amide bonds. The molecule has 2 fully saturated rings. The van der Waals surface area contributed by atoms with Gasteiger partial charge in [-0.05, 0) is 53.5 Å². The van der Waals surface area contributed by atoms with Crippen molar-refractivity contribution in [1.82, 2.24) is 10.2 Å². The third-order valence-corrected chi connectivity index (χ3v) is 5.63. The van der Waals surface area contributed by atoms with Gasteiger partial charge >= 0.3 is 0 Å². The van der Waals surface area contributed by atoms with Crippen LogP contribution in [-0.2, 0) is 4.79 Å². The summed E-state index contributed by atoms with van der Waals surface area (Å²) in [7, 11) is 0. The monoisotopic (exact) mass is 306 g/mol. The molecule has 116 valence electrons. The molecule has 1 aromatic rings. The van der Waals surface area contributed by atoms with Crippen molar-refractivity contribution in [2.75, 3.05) is 6.54 Å². The van der Waals surface area contributed by atoms with Crippen LogP contribution in [0.15, 0.2) is 16.8 Å². The van der Waals surface area contributed by atoms with Gasteiger partial charge in [0.15, 0.2) is 0 Å². The summed E-state index contributed by atoms with van der Waals surface area (Å²) in [4.78, 5) is 14.9. The zero-order chi connectivity index (χ0) is 14.9. The van der Waals surface area contributed by atoms with E-state index in [9.17, 15) is 4.79 Å². The minimum atomic E-state index is 0.0114. The number of hydrogen-bond donors (Lipinski definition) is 1. The van der Waals surface area contributed by atoms with Crippen LogP contribution < -0.4 is 5.32 Å². The standard InChI is InChI=1S/C17H26N2OS/c1-3-5-14-16(20)19(12-17(7-4-2)8-9-17)15(18-14)13-6-10-21-11-13/h6,10-11,14-15,18H,3-5,7-9,12H2,1-2H3. The molecule has 3 nitrogen and oxygen atoms in total. The lowest BCUT2D eigenvalue weighted by Gasteiger charge is -2.28. The molecule has 1 aromatic heterocycles. The Balaban J connectivity index is 1.78. The molecule has 0 bridgehead atoms. The van der Waals surface area contributed by atoms with Crippen LogP contribution in [0.3, 0.4) is 0 Å². The van der Waals surface area contributed by atoms with E-state index in [0.717, 1.165) is 19.4 Å². The second-order valence-corrected chi connectivity index (χ2v) is 7.46. The van der Waals surface area contributed by atoms with E-state index in [1.807, 2.05) is 0 Å². The Morgan fingerprint density at radius 1 is 1.38 bits per heavy atom. The number of thiophene rings is 1. The van der Waals surface area contributed by atoms with Crippen molar-refractivity contribution in [3.05, 3.63) is 22.4 Å². The predicted molar refractivity (Wildman–Crippen MR) is 87.2 cm³/mol. The van der Waals surface area contributed by atoms with Crippen LogP contribution in [0.2, 0.25) is 0 Å². The number of amides is 1. The second-order valence-electron chi connectivity index (χ2n) is 6.68. The molecule has 1 N–H and O–H groups in total. The van der Waals surface area contributed by atoms with Crippen molar-refractivity contribution in [1.29, 1.82) is 0 Å². The van der Waals surface area contributed by atoms with Crippen LogP contribution in [-0.4, -0.2) is 23.4 Å². The number of carbonyl (C=O) groups excluding carboxylic acids is 1. The number of hydrogen-bond acceptors (Lipinski definition) is 3. The lowest BCUT2D eigenvalue weighted by atomic mass is 9.99. The van der Waals surface area contributed by atoms with E-state index >= 15 is 0 Å². The number of nitrogens with one attached hydrogen (secondary N) is 1. The van der Waals surface area contributed by atoms with Gasteiger partial charge in [0, 0.05) is 6.54 Å². The van der Waals surface area contributed by atoms with Crippen LogP contribution in [0, 0.1) is 5.41 Å². The molecule has 1 saturated heterocycles. The minimum absolute atomic E-state index is 0.0114. The highest BCUT2D eigenvalue weighted by Crippen LogP contribution is 2.51. The summed E-state index contributed by atoms with van der Waals surface area (Å²) < 4.78 is 0. The molecule has 2 heterocycles. The normalized spacial score (nSPS) is 27.3. The van der Waals surface area contributed by atoms with Crippen LogP contribution in [0.1, 0.15) is 64.1 Å². The molecular formula is C17H26N2OS. The van der Waals surface area contributed by atoms with Gasteiger partial charge in [-0.15, -0.1) is 0 Å². The van der Waals surface area contributed by atoms with E-state index < -0.39 is 0 Å². The molecule has 2 unspecified atom stereocenters. The van der Waals surface area contributed by atoms with Crippen molar-refractivity contribution in [2.24, 2.45) is 5.41 Å². The van der Waals surface area contributed by atoms with Gasteiger partial charge in [0.25, 0.3) is 0 Å². The molecule has 4 heteroatoms. The molecule has 0 radical (unpaired) electrons. The average Bonchev–Trinajstić information content (AvgIpc) is 2.90. The van der Waals surface area contributed by atoms with Gasteiger partial charge in [0.2, 0.25) is 5.91 Å². The maximum absolute atomic E-state index is 12.8. The molecule has 1 aliphatic heterocycles. The topological polar surface area (TPSA) is 32.3 Å². The van der Waals surface area contributed by atoms with Gasteiger partial charge in [0.1, 0.15) is 6.17 Å². The van der Waals surface area contributed by atoms with E-state index in [0.29, 0.717) is 11.3 Å². The Labute approximate surface area is 131 Å². The summed E-state index contributed by atoms with van der Waals surface area (Å²) in [6.45, 7) is 5.34. The minimum Gasteiger partial charge on any atom is -0.321 e. The summed E-state index contributed by atoms with van der Waals surface area (Å²) in [5, 5.41) is 7.84. The summed E-state index contributed by atoms with van der Waals surface area (Å²) in [5.41, 5.74) is 1.67. The first-order valence-corrected chi connectivity index (χ1v) is 9.22. The number of carbonyl (C=O) groups is 1. The lowest BCUT2D eigenvalue weighted by molar-refractivity contribution is -0.131. The van der Waals surface area contributed by atoms with Crippen molar-refractivity contribution in [3.8, 4) is 0 Å². The molecule has 3 rings (SSSR count). The molecule has 1 aliphatic carbocycles. The maximum atomic E-state index is 12.8. The fourth-order valence-electron chi connectivity index (χ4n) is 3.61. The molecule has 0 aromatic carbocycles. The second kappa shape index (κ2) is 6.09. The van der Waals surface area contributed by atoms with Crippen LogP contribution in [0.5, 0.6) is 0 Å². The van der Waals surface area contributed by atoms with E-state index in [4.69, 9.17) is 0 Å². The molecule has 2 atom stereocenters. The van der Waals surface area contributed by atoms with Crippen LogP contribution in [0.25, 0.3) is 0 Å². The largest absolute Gasteiger partial charge is 0.321 e. The van der Waals surface area contributed by atoms with E-state index in [1.54, 1.807) is 11.3 Å². The van der Waals surface area contributed by atoms with Gasteiger partial charge in [0.05, 0.1) is 6.04 Å². The van der Waals surface area contributed by atoms with Gasteiger partial charge in [-0.25, -0.2) is 0 Å². The Bertz CT molecular complexity index is 481. The van der Waals surface area contributed by atoms with Crippen molar-refractivity contribution >= 4 is 17.2 Å². The molecule has 0 spiro atoms. The average molecular weight is 306 g/mol. The first-order valence-electron chi connectivity index (χ1n) is 8.28. The highest BCUT2D eigenvalue weighted by atomic mass is 32.1. The summed E-state index contributed by atoms with van der Waals surface area (Å²) in [5.74, 6) is 0.315. The fourth-order valence-corrected chi connectivity index (χ4v) is 4.29.